The van der Waals surface area contributed by atoms with Crippen molar-refractivity contribution in [3.63, 3.8) is 0 Å². The Morgan fingerprint density at radius 3 is 2.62 bits per heavy atom. The minimum Gasteiger partial charge on any atom is -0.368 e. The number of benzene rings is 1. The van der Waals surface area contributed by atoms with Crippen molar-refractivity contribution in [2.24, 2.45) is 5.73 Å². The molecule has 0 fully saturated rings. The van der Waals surface area contributed by atoms with Gasteiger partial charge in [0.25, 0.3) is 11.8 Å². The summed E-state index contributed by atoms with van der Waals surface area (Å²) in [5, 5.41) is 7.37. The Morgan fingerprint density at radius 1 is 1.23 bits per heavy atom. The first-order chi connectivity index (χ1) is 12.3. The first-order valence-electron chi connectivity index (χ1n) is 8.05. The summed E-state index contributed by atoms with van der Waals surface area (Å²) in [6, 6.07) is 3.82. The second kappa shape index (κ2) is 8.24. The highest BCUT2D eigenvalue weighted by atomic mass is 16.2. The molecule has 1 aliphatic heterocycles. The van der Waals surface area contributed by atoms with Crippen LogP contribution in [0.1, 0.15) is 34.3 Å². The number of primary amides is 1. The summed E-state index contributed by atoms with van der Waals surface area (Å²) in [5.74, 6) is -2.95. The maximum absolute atomic E-state index is 12.4. The lowest BCUT2D eigenvalue weighted by atomic mass is 9.97. The molecule has 1 atom stereocenters. The van der Waals surface area contributed by atoms with Gasteiger partial charge >= 0.3 is 0 Å². The molecule has 0 aliphatic carbocycles. The third-order valence-electron chi connectivity index (χ3n) is 4.08. The molecule has 0 saturated carbocycles. The minimum atomic E-state index is -1.09. The molecule has 0 bridgehead atoms. The molecule has 2 rings (SSSR count). The van der Waals surface area contributed by atoms with Crippen molar-refractivity contribution in [1.29, 1.82) is 0 Å². The van der Waals surface area contributed by atoms with Crippen LogP contribution in [-0.4, -0.2) is 42.5 Å². The molecule has 9 heteroatoms. The molecule has 1 unspecified atom stereocenters. The lowest BCUT2D eigenvalue weighted by molar-refractivity contribution is -0.137. The number of likely N-dealkylation sites (N-methyl/N-ethyl adjacent to an activating group) is 1. The minimum absolute atomic E-state index is 0.0827. The maximum atomic E-state index is 12.4. The van der Waals surface area contributed by atoms with Crippen LogP contribution in [0.4, 0.5) is 0 Å². The van der Waals surface area contributed by atoms with E-state index in [0.717, 1.165) is 11.1 Å². The highest BCUT2D eigenvalue weighted by Gasteiger charge is 2.23. The van der Waals surface area contributed by atoms with E-state index in [-0.39, 0.29) is 30.7 Å². The highest BCUT2D eigenvalue weighted by molar-refractivity contribution is 6.36. The third-order valence-corrected chi connectivity index (χ3v) is 4.08. The molecule has 0 aromatic heterocycles. The average Bonchev–Trinajstić information content (AvgIpc) is 2.62. The van der Waals surface area contributed by atoms with Gasteiger partial charge in [0.15, 0.2) is 0 Å². The number of hydrogen-bond acceptors (Lipinski definition) is 5. The lowest BCUT2D eigenvalue weighted by Gasteiger charge is -2.19. The van der Waals surface area contributed by atoms with E-state index in [1.807, 2.05) is 0 Å². The summed E-state index contributed by atoms with van der Waals surface area (Å²) in [5.41, 5.74) is 7.21. The summed E-state index contributed by atoms with van der Waals surface area (Å²) in [6.07, 6.45) is -0.130. The van der Waals surface area contributed by atoms with E-state index in [1.165, 1.54) is 7.05 Å². The van der Waals surface area contributed by atoms with Crippen molar-refractivity contribution in [3.8, 4) is 0 Å². The normalized spacial score (nSPS) is 13.8. The first-order valence-corrected chi connectivity index (χ1v) is 8.05. The molecule has 26 heavy (non-hydrogen) atoms. The largest absolute Gasteiger partial charge is 0.368 e. The van der Waals surface area contributed by atoms with Gasteiger partial charge in [0, 0.05) is 25.6 Å². The average molecular weight is 360 g/mol. The Kier molecular flexibility index (Phi) is 6.05. The summed E-state index contributed by atoms with van der Waals surface area (Å²) in [4.78, 5) is 58.1. The van der Waals surface area contributed by atoms with Crippen LogP contribution in [0.25, 0.3) is 0 Å². The van der Waals surface area contributed by atoms with E-state index in [2.05, 4.69) is 16.0 Å². The second-order valence-electron chi connectivity index (χ2n) is 5.91. The number of nitrogens with one attached hydrogen (secondary N) is 3. The molecule has 9 nitrogen and oxygen atoms in total. The molecule has 5 N–H and O–H groups in total. The number of hydrogen-bond donors (Lipinski definition) is 4. The Balaban J connectivity index is 2.04. The van der Waals surface area contributed by atoms with Gasteiger partial charge in [0.2, 0.25) is 17.6 Å². The van der Waals surface area contributed by atoms with Crippen LogP contribution in [0.5, 0.6) is 0 Å². The van der Waals surface area contributed by atoms with E-state index in [4.69, 9.17) is 5.73 Å². The monoisotopic (exact) mass is 360 g/mol. The van der Waals surface area contributed by atoms with Crippen molar-refractivity contribution < 1.29 is 24.0 Å². The number of Topliss-reactive ketones (excluding diaryl/α,β-unsaturated/α-hetero) is 1. The van der Waals surface area contributed by atoms with Gasteiger partial charge in [-0.15, -0.1) is 0 Å². The highest BCUT2D eigenvalue weighted by Crippen LogP contribution is 2.16. The molecule has 4 amide bonds. The van der Waals surface area contributed by atoms with Crippen LogP contribution < -0.4 is 21.7 Å². The standard InChI is InChI=1S/C17H20N4O5/c1-19-17(26)13(22)5-4-12(15(18)24)21-16(25)9-2-3-10-8-20-14(23)7-11(10)6-9/h2-3,6,12H,4-5,7-8H2,1H3,(H2,18,24)(H,19,26)(H,20,23)(H,21,25). The van der Waals surface area contributed by atoms with Crippen molar-refractivity contribution >= 4 is 29.4 Å². The molecule has 1 aliphatic rings. The van der Waals surface area contributed by atoms with Crippen LogP contribution in [0, 0.1) is 0 Å². The van der Waals surface area contributed by atoms with E-state index >= 15 is 0 Å². The van der Waals surface area contributed by atoms with E-state index in [0.29, 0.717) is 6.54 Å². The summed E-state index contributed by atoms with van der Waals surface area (Å²) >= 11 is 0. The lowest BCUT2D eigenvalue weighted by Crippen LogP contribution is -2.45. The molecule has 0 spiro atoms. The number of carbonyl (C=O) groups excluding carboxylic acids is 5. The fraction of sp³-hybridized carbons (Fsp3) is 0.353. The summed E-state index contributed by atoms with van der Waals surface area (Å²) in [7, 11) is 1.32. The number of ketones is 1. The Morgan fingerprint density at radius 2 is 1.96 bits per heavy atom. The zero-order valence-electron chi connectivity index (χ0n) is 14.3. The molecular weight excluding hydrogens is 340 g/mol. The van der Waals surface area contributed by atoms with Crippen LogP contribution >= 0.6 is 0 Å². The fourth-order valence-corrected chi connectivity index (χ4v) is 2.59. The van der Waals surface area contributed by atoms with Crippen LogP contribution in [0.15, 0.2) is 18.2 Å². The van der Waals surface area contributed by atoms with Gasteiger partial charge in [-0.3, -0.25) is 24.0 Å². The Hall–Kier alpha value is -3.23. The zero-order chi connectivity index (χ0) is 19.3. The molecule has 138 valence electrons. The summed E-state index contributed by atoms with van der Waals surface area (Å²) < 4.78 is 0. The SMILES string of the molecule is CNC(=O)C(=O)CCC(NC(=O)c1ccc2c(c1)CC(=O)NC2)C(N)=O. The van der Waals surface area contributed by atoms with Gasteiger partial charge in [0.1, 0.15) is 6.04 Å². The number of nitrogens with two attached hydrogens (primary N) is 1. The van der Waals surface area contributed by atoms with Crippen molar-refractivity contribution in [2.75, 3.05) is 7.05 Å². The maximum Gasteiger partial charge on any atom is 0.287 e. The number of fused-ring (bicyclic) bond motifs is 1. The van der Waals surface area contributed by atoms with Crippen LogP contribution in [0.3, 0.4) is 0 Å². The van der Waals surface area contributed by atoms with Gasteiger partial charge in [-0.25, -0.2) is 0 Å². The van der Waals surface area contributed by atoms with E-state index in [9.17, 15) is 24.0 Å². The van der Waals surface area contributed by atoms with Crippen LogP contribution in [0.2, 0.25) is 0 Å². The van der Waals surface area contributed by atoms with Crippen molar-refractivity contribution in [1.82, 2.24) is 16.0 Å². The summed E-state index contributed by atoms with van der Waals surface area (Å²) in [6.45, 7) is 0.404. The van der Waals surface area contributed by atoms with Crippen molar-refractivity contribution in [2.45, 2.75) is 31.8 Å². The van der Waals surface area contributed by atoms with Crippen molar-refractivity contribution in [3.05, 3.63) is 34.9 Å². The number of amides is 4. The molecule has 1 aromatic rings. The molecule has 1 heterocycles. The predicted octanol–water partition coefficient (Wildman–Crippen LogP) is -1.46. The second-order valence-corrected chi connectivity index (χ2v) is 5.91. The van der Waals surface area contributed by atoms with E-state index < -0.39 is 29.5 Å². The topological polar surface area (TPSA) is 147 Å². The van der Waals surface area contributed by atoms with Gasteiger partial charge in [-0.2, -0.15) is 0 Å². The molecule has 0 radical (unpaired) electrons. The third kappa shape index (κ3) is 4.65. The fourth-order valence-electron chi connectivity index (χ4n) is 2.59. The van der Waals surface area contributed by atoms with Gasteiger partial charge in [0.05, 0.1) is 6.42 Å². The Labute approximate surface area is 149 Å². The first kappa shape index (κ1) is 19.1. The molecule has 0 saturated heterocycles. The molecule has 1 aromatic carbocycles. The Bertz CT molecular complexity index is 774. The number of carbonyl (C=O) groups is 5. The van der Waals surface area contributed by atoms with Gasteiger partial charge in [-0.1, -0.05) is 6.07 Å². The quantitative estimate of drug-likeness (QED) is 0.439. The van der Waals surface area contributed by atoms with Crippen LogP contribution in [-0.2, 0) is 32.1 Å². The van der Waals surface area contributed by atoms with E-state index in [1.54, 1.807) is 18.2 Å². The molecular formula is C17H20N4O5. The zero-order valence-corrected chi connectivity index (χ0v) is 14.3. The van der Waals surface area contributed by atoms with Gasteiger partial charge in [-0.05, 0) is 29.7 Å². The predicted molar refractivity (Wildman–Crippen MR) is 90.7 cm³/mol. The smallest absolute Gasteiger partial charge is 0.287 e. The van der Waals surface area contributed by atoms with Gasteiger partial charge < -0.3 is 21.7 Å². The number of rotatable bonds is 7.